The summed E-state index contributed by atoms with van der Waals surface area (Å²) in [5.41, 5.74) is 11.5. The highest BCUT2D eigenvalue weighted by atomic mass is 32.2. The lowest BCUT2D eigenvalue weighted by molar-refractivity contribution is 0.766. The molecule has 0 aliphatic heterocycles. The Labute approximate surface area is 125 Å². The average molecular weight is 315 g/mol. The number of nitroso groups, excluding NO2 is 1. The Morgan fingerprint density at radius 3 is 3.05 bits per heavy atom. The lowest BCUT2D eigenvalue weighted by atomic mass is 10.6. The molecule has 8 nitrogen and oxygen atoms in total. The fourth-order valence-electron chi connectivity index (χ4n) is 1.21. The molecule has 0 bridgehead atoms. The van der Waals surface area contributed by atoms with Gasteiger partial charge in [-0.05, 0) is 5.18 Å². The summed E-state index contributed by atoms with van der Waals surface area (Å²) < 4.78 is 0. The minimum absolute atomic E-state index is 0.0120. The summed E-state index contributed by atoms with van der Waals surface area (Å²) in [6, 6.07) is 0. The predicted molar refractivity (Wildman–Crippen MR) is 84.7 cm³/mol. The zero-order valence-electron chi connectivity index (χ0n) is 11.0. The molecule has 6 N–H and O–H groups in total. The molecule has 20 heavy (non-hydrogen) atoms. The molecular weight excluding hydrogens is 298 g/mol. The number of hydrogen-bond donors (Lipinski definition) is 4. The van der Waals surface area contributed by atoms with E-state index in [0.29, 0.717) is 11.0 Å². The molecule has 0 fully saturated rings. The van der Waals surface area contributed by atoms with Gasteiger partial charge in [0.15, 0.2) is 5.96 Å². The number of rotatable bonds is 9. The maximum Gasteiger partial charge on any atom is 0.212 e. The van der Waals surface area contributed by atoms with E-state index >= 15 is 0 Å². The number of nitrogens with zero attached hydrogens (tertiary/aromatic N) is 3. The molecule has 0 amide bonds. The van der Waals surface area contributed by atoms with Gasteiger partial charge >= 0.3 is 0 Å². The quantitative estimate of drug-likeness (QED) is 0.228. The number of hydrogen-bond acceptors (Lipinski definition) is 8. The largest absolute Gasteiger partial charge is 0.374 e. The van der Waals surface area contributed by atoms with E-state index in [4.69, 9.17) is 11.5 Å². The third kappa shape index (κ3) is 6.38. The van der Waals surface area contributed by atoms with Crippen LogP contribution in [0.4, 0.5) is 5.13 Å². The van der Waals surface area contributed by atoms with Crippen LogP contribution in [0, 0.1) is 4.91 Å². The molecule has 0 saturated heterocycles. The Hall–Kier alpha value is -1.81. The van der Waals surface area contributed by atoms with Crippen LogP contribution in [0.2, 0.25) is 0 Å². The molecule has 0 aliphatic carbocycles. The summed E-state index contributed by atoms with van der Waals surface area (Å²) in [6.07, 6.45) is 1.20. The van der Waals surface area contributed by atoms with E-state index in [0.717, 1.165) is 23.7 Å². The second kappa shape index (κ2) is 9.15. The molecule has 10 heteroatoms. The van der Waals surface area contributed by atoms with Crippen molar-refractivity contribution in [3.63, 3.8) is 0 Å². The Kier molecular flexibility index (Phi) is 7.43. The van der Waals surface area contributed by atoms with Crippen LogP contribution >= 0.6 is 23.1 Å². The summed E-state index contributed by atoms with van der Waals surface area (Å²) in [6.45, 7) is 0.720. The van der Waals surface area contributed by atoms with Crippen molar-refractivity contribution in [3.05, 3.63) is 28.0 Å². The van der Waals surface area contributed by atoms with Crippen molar-refractivity contribution in [1.29, 1.82) is 0 Å². The first-order valence-electron chi connectivity index (χ1n) is 5.71. The van der Waals surface area contributed by atoms with Gasteiger partial charge in [0.05, 0.1) is 5.69 Å². The highest BCUT2D eigenvalue weighted by molar-refractivity contribution is 7.98. The number of aliphatic imine (C=N–C) groups is 1. The minimum atomic E-state index is 0.0120. The van der Waals surface area contributed by atoms with Crippen LogP contribution in [0.3, 0.4) is 0 Å². The van der Waals surface area contributed by atoms with Gasteiger partial charge in [-0.2, -0.15) is 16.8 Å². The normalized spacial score (nSPS) is 10.9. The van der Waals surface area contributed by atoms with Crippen molar-refractivity contribution in [2.75, 3.05) is 19.3 Å². The highest BCUT2D eigenvalue weighted by Gasteiger charge is 2.01. The van der Waals surface area contributed by atoms with E-state index in [9.17, 15) is 4.91 Å². The molecule has 1 aromatic heterocycles. The number of aromatic nitrogens is 1. The molecule has 1 rings (SSSR count). The number of guanidine groups is 1. The van der Waals surface area contributed by atoms with Gasteiger partial charge in [0.25, 0.3) is 0 Å². The molecule has 0 spiro atoms. The summed E-state index contributed by atoms with van der Waals surface area (Å²) >= 11 is 3.12. The molecule has 1 aromatic rings. The van der Waals surface area contributed by atoms with Crippen LogP contribution in [0.15, 0.2) is 27.6 Å². The van der Waals surface area contributed by atoms with Gasteiger partial charge in [-0.25, -0.2) is 4.98 Å². The SMILES string of the molecule is CN/C(=C\N=O)NCCSCc1csc(N=C(N)N)n1. The van der Waals surface area contributed by atoms with E-state index in [1.165, 1.54) is 17.5 Å². The zero-order valence-corrected chi connectivity index (χ0v) is 12.6. The molecule has 0 aromatic carbocycles. The predicted octanol–water partition coefficient (Wildman–Crippen LogP) is 0.655. The summed E-state index contributed by atoms with van der Waals surface area (Å²) in [5, 5.41) is 11.1. The fraction of sp³-hybridized carbons (Fsp3) is 0.400. The topological polar surface area (TPSA) is 131 Å². The van der Waals surface area contributed by atoms with Crippen LogP contribution < -0.4 is 22.1 Å². The highest BCUT2D eigenvalue weighted by Crippen LogP contribution is 2.21. The van der Waals surface area contributed by atoms with Crippen LogP contribution in [0.5, 0.6) is 0 Å². The van der Waals surface area contributed by atoms with Gasteiger partial charge in [-0.3, -0.25) is 0 Å². The van der Waals surface area contributed by atoms with Crippen LogP contribution in [0.25, 0.3) is 0 Å². The van der Waals surface area contributed by atoms with Crippen LogP contribution in [-0.2, 0) is 5.75 Å². The Morgan fingerprint density at radius 1 is 1.60 bits per heavy atom. The number of thioether (sulfide) groups is 1. The molecule has 0 saturated carbocycles. The van der Waals surface area contributed by atoms with Gasteiger partial charge in [0.1, 0.15) is 12.0 Å². The van der Waals surface area contributed by atoms with Crippen LogP contribution in [-0.4, -0.2) is 30.3 Å². The summed E-state index contributed by atoms with van der Waals surface area (Å²) in [5.74, 6) is 2.26. The Balaban J connectivity index is 2.24. The maximum atomic E-state index is 10.1. The standard InChI is InChI=1S/C10H17N7OS2/c1-13-8(4-15-18)14-2-3-19-5-7-6-20-10(16-7)17-9(11)12/h4,6,13-14H,2-3,5H2,1H3,(H4,11,12,16,17)/b8-4+. The van der Waals surface area contributed by atoms with Crippen molar-refractivity contribution in [2.24, 2.45) is 21.6 Å². The van der Waals surface area contributed by atoms with E-state index < -0.39 is 0 Å². The monoisotopic (exact) mass is 315 g/mol. The molecular formula is C10H17N7OS2. The maximum absolute atomic E-state index is 10.1. The minimum Gasteiger partial charge on any atom is -0.374 e. The average Bonchev–Trinajstić information content (AvgIpc) is 2.83. The van der Waals surface area contributed by atoms with Gasteiger partial charge in [-0.15, -0.1) is 16.2 Å². The van der Waals surface area contributed by atoms with Gasteiger partial charge in [-0.1, -0.05) is 0 Å². The third-order valence-corrected chi connectivity index (χ3v) is 3.80. The summed E-state index contributed by atoms with van der Waals surface area (Å²) in [4.78, 5) is 18.2. The van der Waals surface area contributed by atoms with Gasteiger partial charge in [0, 0.05) is 30.5 Å². The van der Waals surface area contributed by atoms with Crippen molar-refractivity contribution >= 4 is 34.2 Å². The van der Waals surface area contributed by atoms with Gasteiger partial charge in [0.2, 0.25) is 5.13 Å². The first-order chi connectivity index (χ1) is 9.65. The van der Waals surface area contributed by atoms with Crippen molar-refractivity contribution < 1.29 is 0 Å². The lowest BCUT2D eigenvalue weighted by Gasteiger charge is -2.07. The third-order valence-electron chi connectivity index (χ3n) is 2.03. The molecule has 0 unspecified atom stereocenters. The second-order valence-corrected chi connectivity index (χ2v) is 5.48. The fourth-order valence-corrected chi connectivity index (χ4v) is 2.77. The van der Waals surface area contributed by atoms with Crippen molar-refractivity contribution in [3.8, 4) is 0 Å². The lowest BCUT2D eigenvalue weighted by Crippen LogP contribution is -2.25. The molecule has 110 valence electrons. The van der Waals surface area contributed by atoms with E-state index in [2.05, 4.69) is 25.8 Å². The van der Waals surface area contributed by atoms with E-state index in [-0.39, 0.29) is 5.96 Å². The van der Waals surface area contributed by atoms with Crippen molar-refractivity contribution in [2.45, 2.75) is 5.75 Å². The molecule has 0 radical (unpaired) electrons. The van der Waals surface area contributed by atoms with E-state index in [1.807, 2.05) is 5.38 Å². The Bertz CT molecular complexity index is 482. The first kappa shape index (κ1) is 16.2. The van der Waals surface area contributed by atoms with E-state index in [1.54, 1.807) is 18.8 Å². The second-order valence-electron chi connectivity index (χ2n) is 3.54. The first-order valence-corrected chi connectivity index (χ1v) is 7.75. The Morgan fingerprint density at radius 2 is 2.40 bits per heavy atom. The summed E-state index contributed by atoms with van der Waals surface area (Å²) in [7, 11) is 1.72. The number of nitrogens with two attached hydrogens (primary N) is 2. The van der Waals surface area contributed by atoms with Crippen LogP contribution in [0.1, 0.15) is 5.69 Å². The smallest absolute Gasteiger partial charge is 0.212 e. The number of thiazole rings is 1. The van der Waals surface area contributed by atoms with Crippen molar-refractivity contribution in [1.82, 2.24) is 15.6 Å². The molecule has 0 atom stereocenters. The van der Waals surface area contributed by atoms with Gasteiger partial charge < -0.3 is 22.1 Å². The molecule has 1 heterocycles. The molecule has 0 aliphatic rings. The number of nitrogens with one attached hydrogen (secondary N) is 2. The zero-order chi connectivity index (χ0) is 14.8.